The van der Waals surface area contributed by atoms with Gasteiger partial charge in [-0.2, -0.15) is 10.2 Å². The molecular formula is C19H16N6O3S. The van der Waals surface area contributed by atoms with Crippen molar-refractivity contribution in [2.24, 2.45) is 7.05 Å². The number of aromatic amines is 1. The lowest BCUT2D eigenvalue weighted by Crippen LogP contribution is -2.24. The molecular weight excluding hydrogens is 392 g/mol. The predicted octanol–water partition coefficient (Wildman–Crippen LogP) is 2.46. The van der Waals surface area contributed by atoms with Crippen LogP contribution in [0.3, 0.4) is 0 Å². The lowest BCUT2D eigenvalue weighted by Gasteiger charge is -2.07. The SMILES string of the molecule is CC(C(=O)O)c1nc2c(s1)c1cnn(Cc3cccc4[nH]ncc34)c(=O)c1n2C. The normalized spacial score (nSPS) is 12.9. The third-order valence-electron chi connectivity index (χ3n) is 5.18. The summed E-state index contributed by atoms with van der Waals surface area (Å²) in [5.74, 6) is -1.63. The van der Waals surface area contributed by atoms with Gasteiger partial charge in [-0.15, -0.1) is 11.3 Å². The summed E-state index contributed by atoms with van der Waals surface area (Å²) < 4.78 is 3.92. The van der Waals surface area contributed by atoms with Gasteiger partial charge in [0.05, 0.1) is 29.2 Å². The minimum Gasteiger partial charge on any atom is -0.481 e. The topological polar surface area (TPSA) is 119 Å². The van der Waals surface area contributed by atoms with Crippen molar-refractivity contribution in [3.8, 4) is 0 Å². The van der Waals surface area contributed by atoms with Crippen LogP contribution in [-0.4, -0.2) is 40.6 Å². The van der Waals surface area contributed by atoms with Gasteiger partial charge in [-0.1, -0.05) is 12.1 Å². The molecule has 0 bridgehead atoms. The molecule has 146 valence electrons. The van der Waals surface area contributed by atoms with Crippen molar-refractivity contribution in [1.29, 1.82) is 0 Å². The van der Waals surface area contributed by atoms with Gasteiger partial charge < -0.3 is 9.67 Å². The maximum Gasteiger partial charge on any atom is 0.313 e. The van der Waals surface area contributed by atoms with Gasteiger partial charge in [0.2, 0.25) is 0 Å². The van der Waals surface area contributed by atoms with Crippen LogP contribution in [0.1, 0.15) is 23.4 Å². The van der Waals surface area contributed by atoms with Gasteiger partial charge in [0, 0.05) is 17.8 Å². The van der Waals surface area contributed by atoms with Gasteiger partial charge in [-0.25, -0.2) is 9.67 Å². The number of thiazole rings is 1. The number of carboxylic acids is 1. The third-order valence-corrected chi connectivity index (χ3v) is 6.44. The van der Waals surface area contributed by atoms with Crippen LogP contribution in [-0.2, 0) is 18.4 Å². The van der Waals surface area contributed by atoms with Crippen molar-refractivity contribution in [2.75, 3.05) is 0 Å². The van der Waals surface area contributed by atoms with E-state index in [1.807, 2.05) is 18.2 Å². The molecule has 10 heteroatoms. The smallest absolute Gasteiger partial charge is 0.313 e. The maximum absolute atomic E-state index is 13.2. The van der Waals surface area contributed by atoms with Crippen molar-refractivity contribution < 1.29 is 9.90 Å². The molecule has 1 atom stereocenters. The quantitative estimate of drug-likeness (QED) is 0.471. The number of hydrogen-bond acceptors (Lipinski definition) is 6. The maximum atomic E-state index is 13.2. The Morgan fingerprint density at radius 2 is 2.14 bits per heavy atom. The van der Waals surface area contributed by atoms with Crippen molar-refractivity contribution in [3.63, 3.8) is 0 Å². The molecule has 0 radical (unpaired) electrons. The van der Waals surface area contributed by atoms with Crippen LogP contribution in [0, 0.1) is 0 Å². The van der Waals surface area contributed by atoms with E-state index in [1.165, 1.54) is 16.0 Å². The van der Waals surface area contributed by atoms with E-state index in [9.17, 15) is 14.7 Å². The molecule has 1 aromatic carbocycles. The van der Waals surface area contributed by atoms with Gasteiger partial charge in [0.1, 0.15) is 16.4 Å². The van der Waals surface area contributed by atoms with Crippen LogP contribution in [0.4, 0.5) is 0 Å². The third kappa shape index (κ3) is 2.56. The molecule has 4 heterocycles. The molecule has 1 unspecified atom stereocenters. The number of nitrogens with one attached hydrogen (secondary N) is 1. The first-order valence-corrected chi connectivity index (χ1v) is 9.76. The van der Waals surface area contributed by atoms with E-state index in [0.29, 0.717) is 28.1 Å². The number of hydrogen-bond donors (Lipinski definition) is 2. The molecule has 0 spiro atoms. The van der Waals surface area contributed by atoms with E-state index in [-0.39, 0.29) is 5.56 Å². The van der Waals surface area contributed by atoms with Crippen LogP contribution in [0.15, 0.2) is 35.4 Å². The van der Waals surface area contributed by atoms with Gasteiger partial charge in [0.15, 0.2) is 5.65 Å². The number of rotatable bonds is 4. The van der Waals surface area contributed by atoms with E-state index in [1.54, 1.807) is 30.9 Å². The lowest BCUT2D eigenvalue weighted by molar-refractivity contribution is -0.138. The molecule has 0 amide bonds. The van der Waals surface area contributed by atoms with Crippen LogP contribution in [0.2, 0.25) is 0 Å². The highest BCUT2D eigenvalue weighted by Crippen LogP contribution is 2.33. The Morgan fingerprint density at radius 1 is 1.31 bits per heavy atom. The van der Waals surface area contributed by atoms with E-state index >= 15 is 0 Å². The van der Waals surface area contributed by atoms with E-state index < -0.39 is 11.9 Å². The van der Waals surface area contributed by atoms with Crippen molar-refractivity contribution in [2.45, 2.75) is 19.4 Å². The van der Waals surface area contributed by atoms with E-state index in [2.05, 4.69) is 20.3 Å². The second-order valence-corrected chi connectivity index (χ2v) is 7.97. The van der Waals surface area contributed by atoms with Gasteiger partial charge in [0.25, 0.3) is 5.56 Å². The Labute approximate surface area is 167 Å². The number of fused-ring (bicyclic) bond motifs is 4. The average Bonchev–Trinajstić information content (AvgIpc) is 3.40. The van der Waals surface area contributed by atoms with Crippen molar-refractivity contribution in [1.82, 2.24) is 29.5 Å². The van der Waals surface area contributed by atoms with Gasteiger partial charge in [-0.3, -0.25) is 14.7 Å². The Morgan fingerprint density at radius 3 is 2.93 bits per heavy atom. The summed E-state index contributed by atoms with van der Waals surface area (Å²) in [7, 11) is 1.77. The molecule has 29 heavy (non-hydrogen) atoms. The fourth-order valence-corrected chi connectivity index (χ4v) is 4.69. The average molecular weight is 408 g/mol. The second-order valence-electron chi connectivity index (χ2n) is 6.94. The number of carbonyl (C=O) groups is 1. The number of benzene rings is 1. The largest absolute Gasteiger partial charge is 0.481 e. The fourth-order valence-electron chi connectivity index (χ4n) is 3.54. The number of carboxylic acid groups (broad SMARTS) is 1. The fraction of sp³-hybridized carbons (Fsp3) is 0.211. The number of nitrogens with zero attached hydrogens (tertiary/aromatic N) is 5. The summed E-state index contributed by atoms with van der Waals surface area (Å²) in [4.78, 5) is 28.9. The van der Waals surface area contributed by atoms with E-state index in [4.69, 9.17) is 0 Å². The minimum atomic E-state index is -0.928. The summed E-state index contributed by atoms with van der Waals surface area (Å²) in [6, 6.07) is 5.78. The molecule has 0 fully saturated rings. The highest BCUT2D eigenvalue weighted by Gasteiger charge is 2.23. The number of aliphatic carboxylic acids is 1. The van der Waals surface area contributed by atoms with Crippen LogP contribution in [0.5, 0.6) is 0 Å². The Bertz CT molecular complexity index is 1470. The first-order valence-electron chi connectivity index (χ1n) is 8.94. The second kappa shape index (κ2) is 6.24. The number of H-pyrrole nitrogens is 1. The van der Waals surface area contributed by atoms with Gasteiger partial charge in [-0.05, 0) is 18.6 Å². The first kappa shape index (κ1) is 17.6. The van der Waals surface area contributed by atoms with Crippen molar-refractivity contribution >= 4 is 49.5 Å². The Kier molecular flexibility index (Phi) is 3.78. The molecule has 4 aromatic heterocycles. The highest BCUT2D eigenvalue weighted by molar-refractivity contribution is 7.19. The lowest BCUT2D eigenvalue weighted by atomic mass is 10.1. The molecule has 0 aliphatic heterocycles. The molecule has 5 rings (SSSR count). The zero-order valence-electron chi connectivity index (χ0n) is 15.6. The molecule has 9 nitrogen and oxygen atoms in total. The Hall–Kier alpha value is -3.53. The highest BCUT2D eigenvalue weighted by atomic mass is 32.1. The molecule has 0 aliphatic rings. The van der Waals surface area contributed by atoms with E-state index in [0.717, 1.165) is 21.2 Å². The Balaban J connectivity index is 1.65. The monoisotopic (exact) mass is 408 g/mol. The van der Waals surface area contributed by atoms with Crippen molar-refractivity contribution in [3.05, 3.63) is 51.5 Å². The summed E-state index contributed by atoms with van der Waals surface area (Å²) in [6.07, 6.45) is 3.39. The molecule has 0 saturated carbocycles. The molecule has 2 N–H and O–H groups in total. The molecule has 0 saturated heterocycles. The minimum absolute atomic E-state index is 0.219. The standard InChI is InChI=1S/C19H16N6O3S/c1-9(19(27)28)17-22-16-15(29-17)12-7-21-25(18(26)14(12)24(16)2)8-10-4-3-5-13-11(10)6-20-23-13/h3-7,9H,8H2,1-2H3,(H,20,23)(H,27,28). The summed E-state index contributed by atoms with van der Waals surface area (Å²) in [5, 5.41) is 22.7. The summed E-state index contributed by atoms with van der Waals surface area (Å²) >= 11 is 1.29. The zero-order chi connectivity index (χ0) is 20.3. The summed E-state index contributed by atoms with van der Waals surface area (Å²) in [5.41, 5.74) is 2.73. The predicted molar refractivity (Wildman–Crippen MR) is 109 cm³/mol. The van der Waals surface area contributed by atoms with Gasteiger partial charge >= 0.3 is 5.97 Å². The molecule has 0 aliphatic carbocycles. The molecule has 5 aromatic rings. The number of aromatic nitrogens is 6. The first-order chi connectivity index (χ1) is 14.0. The zero-order valence-corrected chi connectivity index (χ0v) is 16.4. The van der Waals surface area contributed by atoms with Crippen LogP contribution in [0.25, 0.3) is 32.2 Å². The van der Waals surface area contributed by atoms with Crippen LogP contribution < -0.4 is 5.56 Å². The summed E-state index contributed by atoms with van der Waals surface area (Å²) in [6.45, 7) is 1.92. The number of aryl methyl sites for hydroxylation is 1. The van der Waals surface area contributed by atoms with Crippen LogP contribution >= 0.6 is 11.3 Å².